The lowest BCUT2D eigenvalue weighted by Crippen LogP contribution is -2.28. The number of nitrogens with one attached hydrogen (secondary N) is 1. The molecule has 2 rings (SSSR count). The molecule has 17 heavy (non-hydrogen) atoms. The van der Waals surface area contributed by atoms with Crippen molar-refractivity contribution < 1.29 is 0 Å². The van der Waals surface area contributed by atoms with E-state index in [0.717, 1.165) is 10.6 Å². The summed E-state index contributed by atoms with van der Waals surface area (Å²) in [6.07, 6.45) is 0. The Bertz CT molecular complexity index is 485. The lowest BCUT2D eigenvalue weighted by atomic mass is 10.1. The highest BCUT2D eigenvalue weighted by atomic mass is 35.5. The average molecular weight is 267 g/mol. The monoisotopic (exact) mass is 266 g/mol. The van der Waals surface area contributed by atoms with Gasteiger partial charge in [0.25, 0.3) is 0 Å². The van der Waals surface area contributed by atoms with Crippen molar-refractivity contribution in [2.24, 2.45) is 5.84 Å². The van der Waals surface area contributed by atoms with Gasteiger partial charge in [-0.1, -0.05) is 23.7 Å². The Morgan fingerprint density at radius 3 is 2.35 bits per heavy atom. The van der Waals surface area contributed by atoms with Crippen molar-refractivity contribution in [1.82, 2.24) is 5.43 Å². The Hall–Kier alpha value is -0.870. The molecule has 1 unspecified atom stereocenters. The molecule has 3 N–H and O–H groups in total. The first kappa shape index (κ1) is 12.6. The number of hydrazine groups is 1. The molecule has 0 radical (unpaired) electrons. The van der Waals surface area contributed by atoms with E-state index in [4.69, 9.17) is 17.4 Å². The number of nitrogens with two attached hydrogens (primary N) is 1. The van der Waals surface area contributed by atoms with Gasteiger partial charge in [-0.3, -0.25) is 5.84 Å². The molecule has 0 saturated carbocycles. The molecule has 0 aliphatic rings. The Morgan fingerprint density at radius 1 is 1.24 bits per heavy atom. The Morgan fingerprint density at radius 2 is 1.88 bits per heavy atom. The summed E-state index contributed by atoms with van der Waals surface area (Å²) in [6, 6.07) is 9.97. The van der Waals surface area contributed by atoms with E-state index in [9.17, 15) is 0 Å². The van der Waals surface area contributed by atoms with Crippen LogP contribution in [0.3, 0.4) is 0 Å². The Balaban J connectivity index is 2.36. The molecule has 1 aromatic carbocycles. The highest BCUT2D eigenvalue weighted by Crippen LogP contribution is 2.30. The zero-order valence-electron chi connectivity index (χ0n) is 9.83. The fraction of sp³-hybridized carbons (Fsp3) is 0.231. The van der Waals surface area contributed by atoms with Crippen LogP contribution in [0.15, 0.2) is 30.3 Å². The normalized spacial score (nSPS) is 12.7. The van der Waals surface area contributed by atoms with E-state index in [0.29, 0.717) is 0 Å². The van der Waals surface area contributed by atoms with Gasteiger partial charge in [-0.05, 0) is 43.2 Å². The maximum absolute atomic E-state index is 5.89. The number of halogens is 1. The molecule has 0 fully saturated rings. The smallest absolute Gasteiger partial charge is 0.0802 e. The molecule has 1 heterocycles. The van der Waals surface area contributed by atoms with Crippen LogP contribution in [0.2, 0.25) is 5.02 Å². The molecule has 4 heteroatoms. The molecule has 2 nitrogen and oxygen atoms in total. The quantitative estimate of drug-likeness (QED) is 0.658. The van der Waals surface area contributed by atoms with Crippen LogP contribution in [0.25, 0.3) is 0 Å². The second-order valence-electron chi connectivity index (χ2n) is 4.04. The van der Waals surface area contributed by atoms with E-state index in [1.54, 1.807) is 11.3 Å². The van der Waals surface area contributed by atoms with E-state index in [-0.39, 0.29) is 6.04 Å². The van der Waals surface area contributed by atoms with Crippen molar-refractivity contribution in [1.29, 1.82) is 0 Å². The molecular weight excluding hydrogens is 252 g/mol. The van der Waals surface area contributed by atoms with E-state index in [2.05, 4.69) is 25.3 Å². The first-order valence-corrected chi connectivity index (χ1v) is 6.60. The molecule has 0 amide bonds. The minimum atomic E-state index is 0.0321. The fourth-order valence-corrected chi connectivity index (χ4v) is 3.00. The summed E-state index contributed by atoms with van der Waals surface area (Å²) in [7, 11) is 0. The van der Waals surface area contributed by atoms with Gasteiger partial charge >= 0.3 is 0 Å². The molecule has 2 aromatic rings. The summed E-state index contributed by atoms with van der Waals surface area (Å²) in [5, 5.41) is 0.739. The molecule has 0 aliphatic heterocycles. The van der Waals surface area contributed by atoms with Crippen molar-refractivity contribution in [2.45, 2.75) is 19.9 Å². The molecule has 0 bridgehead atoms. The summed E-state index contributed by atoms with van der Waals surface area (Å²) >= 11 is 7.66. The van der Waals surface area contributed by atoms with E-state index >= 15 is 0 Å². The highest BCUT2D eigenvalue weighted by Gasteiger charge is 2.15. The number of rotatable bonds is 3. The average Bonchev–Trinajstić information content (AvgIpc) is 2.63. The largest absolute Gasteiger partial charge is 0.271 e. The Kier molecular flexibility index (Phi) is 3.84. The van der Waals surface area contributed by atoms with Crippen LogP contribution in [-0.4, -0.2) is 0 Å². The third-order valence-electron chi connectivity index (χ3n) is 2.84. The first-order valence-electron chi connectivity index (χ1n) is 5.40. The molecule has 0 spiro atoms. The number of hydrogen-bond donors (Lipinski definition) is 2. The predicted octanol–water partition coefficient (Wildman–Crippen LogP) is 3.57. The van der Waals surface area contributed by atoms with Crippen LogP contribution in [0.4, 0.5) is 0 Å². The minimum Gasteiger partial charge on any atom is -0.271 e. The van der Waals surface area contributed by atoms with Gasteiger partial charge in [0.2, 0.25) is 0 Å². The van der Waals surface area contributed by atoms with Crippen LogP contribution in [-0.2, 0) is 0 Å². The number of benzene rings is 1. The van der Waals surface area contributed by atoms with Crippen LogP contribution in [0, 0.1) is 13.8 Å². The topological polar surface area (TPSA) is 38.0 Å². The van der Waals surface area contributed by atoms with Crippen LogP contribution < -0.4 is 11.3 Å². The van der Waals surface area contributed by atoms with Crippen molar-refractivity contribution in [3.05, 3.63) is 56.2 Å². The fourth-order valence-electron chi connectivity index (χ4n) is 1.74. The summed E-state index contributed by atoms with van der Waals surface area (Å²) in [6.45, 7) is 4.24. The SMILES string of the molecule is Cc1cc(C(NN)c2ccc(Cl)cc2)sc1C. The van der Waals surface area contributed by atoms with Gasteiger partial charge in [0.05, 0.1) is 6.04 Å². The van der Waals surface area contributed by atoms with Gasteiger partial charge in [0, 0.05) is 14.8 Å². The first-order chi connectivity index (χ1) is 8.11. The highest BCUT2D eigenvalue weighted by molar-refractivity contribution is 7.12. The lowest BCUT2D eigenvalue weighted by molar-refractivity contribution is 0.646. The Labute approximate surface area is 110 Å². The van der Waals surface area contributed by atoms with E-state index in [1.807, 2.05) is 24.3 Å². The summed E-state index contributed by atoms with van der Waals surface area (Å²) in [5.74, 6) is 5.66. The molecule has 90 valence electrons. The third-order valence-corrected chi connectivity index (χ3v) is 4.31. The lowest BCUT2D eigenvalue weighted by Gasteiger charge is -2.14. The van der Waals surface area contributed by atoms with Gasteiger partial charge < -0.3 is 0 Å². The van der Waals surface area contributed by atoms with Gasteiger partial charge in [0.15, 0.2) is 0 Å². The predicted molar refractivity (Wildman–Crippen MR) is 74.4 cm³/mol. The second-order valence-corrected chi connectivity index (χ2v) is 5.76. The summed E-state index contributed by atoms with van der Waals surface area (Å²) < 4.78 is 0. The molecule has 0 aliphatic carbocycles. The zero-order valence-corrected chi connectivity index (χ0v) is 11.4. The molecule has 1 aromatic heterocycles. The van der Waals surface area contributed by atoms with Crippen molar-refractivity contribution in [3.8, 4) is 0 Å². The zero-order chi connectivity index (χ0) is 12.4. The number of hydrogen-bond acceptors (Lipinski definition) is 3. The van der Waals surface area contributed by atoms with Crippen LogP contribution in [0.5, 0.6) is 0 Å². The molecular formula is C13H15ClN2S. The summed E-state index contributed by atoms with van der Waals surface area (Å²) in [5.41, 5.74) is 5.29. The van der Waals surface area contributed by atoms with Crippen LogP contribution in [0.1, 0.15) is 26.9 Å². The molecule has 0 saturated heterocycles. The molecule has 1 atom stereocenters. The standard InChI is InChI=1S/C13H15ClN2S/c1-8-7-12(17-9(8)2)13(16-15)10-3-5-11(14)6-4-10/h3-7,13,16H,15H2,1-2H3. The van der Waals surface area contributed by atoms with Gasteiger partial charge in [-0.15, -0.1) is 11.3 Å². The van der Waals surface area contributed by atoms with Crippen molar-refractivity contribution >= 4 is 22.9 Å². The van der Waals surface area contributed by atoms with Gasteiger partial charge in [-0.25, -0.2) is 5.43 Å². The van der Waals surface area contributed by atoms with E-state index < -0.39 is 0 Å². The maximum atomic E-state index is 5.89. The van der Waals surface area contributed by atoms with Crippen LogP contribution >= 0.6 is 22.9 Å². The number of aryl methyl sites for hydroxylation is 2. The second kappa shape index (κ2) is 5.19. The van der Waals surface area contributed by atoms with Gasteiger partial charge in [0.1, 0.15) is 0 Å². The number of thiophene rings is 1. The minimum absolute atomic E-state index is 0.0321. The van der Waals surface area contributed by atoms with Crippen molar-refractivity contribution in [2.75, 3.05) is 0 Å². The summed E-state index contributed by atoms with van der Waals surface area (Å²) in [4.78, 5) is 2.55. The third kappa shape index (κ3) is 2.69. The maximum Gasteiger partial charge on any atom is 0.0802 e. The van der Waals surface area contributed by atoms with Gasteiger partial charge in [-0.2, -0.15) is 0 Å². The van der Waals surface area contributed by atoms with Crippen molar-refractivity contribution in [3.63, 3.8) is 0 Å². The van der Waals surface area contributed by atoms with E-state index in [1.165, 1.54) is 15.3 Å².